The summed E-state index contributed by atoms with van der Waals surface area (Å²) < 4.78 is 4.83. The van der Waals surface area contributed by atoms with Crippen LogP contribution in [0.1, 0.15) is 35.7 Å². The molecule has 0 saturated heterocycles. The van der Waals surface area contributed by atoms with Gasteiger partial charge in [0.05, 0.1) is 6.61 Å². The van der Waals surface area contributed by atoms with Crippen LogP contribution in [0.15, 0.2) is 18.2 Å². The summed E-state index contributed by atoms with van der Waals surface area (Å²) >= 11 is 6.06. The van der Waals surface area contributed by atoms with Gasteiger partial charge in [-0.05, 0) is 37.6 Å². The van der Waals surface area contributed by atoms with E-state index in [9.17, 15) is 9.59 Å². The molecule has 1 amide bonds. The van der Waals surface area contributed by atoms with Crippen LogP contribution in [0, 0.1) is 0 Å². The molecule has 0 aromatic heterocycles. The highest BCUT2D eigenvalue weighted by atomic mass is 35.5. The van der Waals surface area contributed by atoms with Crippen molar-refractivity contribution in [1.82, 2.24) is 5.32 Å². The first-order valence-corrected chi connectivity index (χ1v) is 6.87. The highest BCUT2D eigenvalue weighted by Gasteiger charge is 2.05. The average Bonchev–Trinajstić information content (AvgIpc) is 2.40. The third kappa shape index (κ3) is 5.59. The van der Waals surface area contributed by atoms with Crippen LogP contribution < -0.4 is 11.1 Å². The molecular weight excluding hydrogens is 280 g/mol. The average molecular weight is 299 g/mol. The van der Waals surface area contributed by atoms with Crippen LogP contribution in [0.25, 0.3) is 0 Å². The molecule has 0 aliphatic rings. The number of nitrogens with two attached hydrogens (primary N) is 1. The summed E-state index contributed by atoms with van der Waals surface area (Å²) in [5, 5.41) is 3.68. The van der Waals surface area contributed by atoms with Gasteiger partial charge in [-0.15, -0.1) is 0 Å². The minimum atomic E-state index is -0.499. The van der Waals surface area contributed by atoms with Crippen molar-refractivity contribution in [2.24, 2.45) is 5.73 Å². The van der Waals surface area contributed by atoms with Crippen molar-refractivity contribution in [3.8, 4) is 0 Å². The summed E-state index contributed by atoms with van der Waals surface area (Å²) in [6.45, 7) is 3.45. The predicted molar refractivity (Wildman–Crippen MR) is 77.5 cm³/mol. The lowest BCUT2D eigenvalue weighted by Crippen LogP contribution is -2.17. The van der Waals surface area contributed by atoms with E-state index < -0.39 is 5.91 Å². The molecule has 0 bridgehead atoms. The molecule has 0 atom stereocenters. The number of carbonyl (C=O) groups is 2. The van der Waals surface area contributed by atoms with Crippen LogP contribution in [0.5, 0.6) is 0 Å². The van der Waals surface area contributed by atoms with Gasteiger partial charge in [0.15, 0.2) is 0 Å². The fourth-order valence-electron chi connectivity index (χ4n) is 1.66. The number of hydrogen-bond donors (Lipinski definition) is 2. The molecule has 0 fully saturated rings. The molecule has 0 saturated carbocycles. The van der Waals surface area contributed by atoms with Crippen LogP contribution >= 0.6 is 11.6 Å². The van der Waals surface area contributed by atoms with E-state index in [4.69, 9.17) is 22.1 Å². The lowest BCUT2D eigenvalue weighted by Gasteiger charge is -2.07. The van der Waals surface area contributed by atoms with Crippen LogP contribution in [0.3, 0.4) is 0 Å². The van der Waals surface area contributed by atoms with Gasteiger partial charge in [-0.25, -0.2) is 0 Å². The first kappa shape index (κ1) is 16.5. The number of rotatable bonds is 8. The summed E-state index contributed by atoms with van der Waals surface area (Å²) in [5.41, 5.74) is 6.44. The molecule has 20 heavy (non-hydrogen) atoms. The zero-order valence-corrected chi connectivity index (χ0v) is 12.2. The maximum Gasteiger partial charge on any atom is 0.305 e. The first-order valence-electron chi connectivity index (χ1n) is 6.49. The molecule has 1 aromatic rings. The van der Waals surface area contributed by atoms with Crippen molar-refractivity contribution >= 4 is 23.5 Å². The number of halogens is 1. The van der Waals surface area contributed by atoms with E-state index in [0.717, 1.165) is 5.56 Å². The van der Waals surface area contributed by atoms with Crippen molar-refractivity contribution < 1.29 is 14.3 Å². The van der Waals surface area contributed by atoms with Gasteiger partial charge in [-0.1, -0.05) is 17.7 Å². The molecule has 0 aliphatic heterocycles. The molecule has 0 aliphatic carbocycles. The Balaban J connectivity index is 2.32. The van der Waals surface area contributed by atoms with E-state index in [-0.39, 0.29) is 5.97 Å². The van der Waals surface area contributed by atoms with E-state index in [1.807, 2.05) is 0 Å². The molecule has 3 N–H and O–H groups in total. The highest BCUT2D eigenvalue weighted by molar-refractivity contribution is 6.31. The second-order valence-electron chi connectivity index (χ2n) is 4.26. The molecule has 1 rings (SSSR count). The fourth-order valence-corrected chi connectivity index (χ4v) is 1.91. The molecule has 0 spiro atoms. The quantitative estimate of drug-likeness (QED) is 0.567. The summed E-state index contributed by atoms with van der Waals surface area (Å²) in [7, 11) is 0. The Morgan fingerprint density at radius 3 is 2.75 bits per heavy atom. The van der Waals surface area contributed by atoms with Gasteiger partial charge >= 0.3 is 5.97 Å². The van der Waals surface area contributed by atoms with Gasteiger partial charge < -0.3 is 15.8 Å². The van der Waals surface area contributed by atoms with Crippen LogP contribution in [0.4, 0.5) is 0 Å². The largest absolute Gasteiger partial charge is 0.466 e. The number of benzene rings is 1. The van der Waals surface area contributed by atoms with Gasteiger partial charge in [0.2, 0.25) is 5.91 Å². The van der Waals surface area contributed by atoms with E-state index in [2.05, 4.69) is 5.32 Å². The van der Waals surface area contributed by atoms with Crippen molar-refractivity contribution in [2.45, 2.75) is 26.3 Å². The van der Waals surface area contributed by atoms with Crippen molar-refractivity contribution in [1.29, 1.82) is 0 Å². The maximum atomic E-state index is 11.1. The Labute approximate surface area is 123 Å². The number of ether oxygens (including phenoxy) is 1. The zero-order chi connectivity index (χ0) is 15.0. The Hall–Kier alpha value is -1.59. The molecule has 110 valence electrons. The lowest BCUT2D eigenvalue weighted by molar-refractivity contribution is -0.143. The number of amides is 1. The molecule has 0 radical (unpaired) electrons. The lowest BCUT2D eigenvalue weighted by atomic mass is 10.1. The van der Waals surface area contributed by atoms with Gasteiger partial charge in [0.25, 0.3) is 0 Å². The summed E-state index contributed by atoms with van der Waals surface area (Å²) in [5.74, 6) is -0.681. The van der Waals surface area contributed by atoms with Crippen molar-refractivity contribution in [3.63, 3.8) is 0 Å². The molecule has 1 aromatic carbocycles. The molecule has 0 unspecified atom stereocenters. The van der Waals surface area contributed by atoms with Crippen LogP contribution in [-0.4, -0.2) is 25.0 Å². The Bertz CT molecular complexity index is 477. The van der Waals surface area contributed by atoms with E-state index in [0.29, 0.717) is 43.1 Å². The maximum absolute atomic E-state index is 11.1. The summed E-state index contributed by atoms with van der Waals surface area (Å²) in [4.78, 5) is 22.1. The van der Waals surface area contributed by atoms with Gasteiger partial charge in [0, 0.05) is 23.6 Å². The number of carbonyl (C=O) groups excluding carboxylic acids is 2. The predicted octanol–water partition coefficient (Wildman–Crippen LogP) is 1.87. The van der Waals surface area contributed by atoms with Gasteiger partial charge in [-0.2, -0.15) is 0 Å². The molecule has 0 heterocycles. The second kappa shape index (κ2) is 8.55. The topological polar surface area (TPSA) is 81.4 Å². The number of esters is 1. The number of hydrogen-bond acceptors (Lipinski definition) is 4. The minimum absolute atomic E-state index is 0.182. The van der Waals surface area contributed by atoms with Crippen LogP contribution in [0.2, 0.25) is 5.02 Å². The summed E-state index contributed by atoms with van der Waals surface area (Å²) in [6.07, 6.45) is 1.10. The Morgan fingerprint density at radius 1 is 1.40 bits per heavy atom. The fraction of sp³-hybridized carbons (Fsp3) is 0.429. The van der Waals surface area contributed by atoms with Crippen LogP contribution in [-0.2, 0) is 16.1 Å². The standard InChI is InChI=1S/C14H19ClN2O3/c1-2-20-13(18)4-3-7-17-9-11-6-5-10(14(16)19)8-12(11)15/h5-6,8,17H,2-4,7,9H2,1H3,(H2,16,19). The van der Waals surface area contributed by atoms with Crippen molar-refractivity contribution in [3.05, 3.63) is 34.3 Å². The molecule has 6 heteroatoms. The third-order valence-electron chi connectivity index (χ3n) is 2.69. The monoisotopic (exact) mass is 298 g/mol. The zero-order valence-electron chi connectivity index (χ0n) is 11.4. The third-order valence-corrected chi connectivity index (χ3v) is 3.04. The molecular formula is C14H19ClN2O3. The van der Waals surface area contributed by atoms with Gasteiger partial charge in [0.1, 0.15) is 0 Å². The minimum Gasteiger partial charge on any atom is -0.466 e. The van der Waals surface area contributed by atoms with E-state index in [1.54, 1.807) is 25.1 Å². The number of primary amides is 1. The first-order chi connectivity index (χ1) is 9.54. The smallest absolute Gasteiger partial charge is 0.305 e. The molecule has 5 nitrogen and oxygen atoms in total. The normalized spacial score (nSPS) is 10.3. The second-order valence-corrected chi connectivity index (χ2v) is 4.66. The Kier molecular flexibility index (Phi) is 7.04. The Morgan fingerprint density at radius 2 is 2.15 bits per heavy atom. The summed E-state index contributed by atoms with van der Waals surface area (Å²) in [6, 6.07) is 4.96. The van der Waals surface area contributed by atoms with Crippen molar-refractivity contribution in [2.75, 3.05) is 13.2 Å². The van der Waals surface area contributed by atoms with E-state index >= 15 is 0 Å². The number of nitrogens with one attached hydrogen (secondary N) is 1. The van der Waals surface area contributed by atoms with E-state index in [1.165, 1.54) is 0 Å². The van der Waals surface area contributed by atoms with Gasteiger partial charge in [-0.3, -0.25) is 9.59 Å². The highest BCUT2D eigenvalue weighted by Crippen LogP contribution is 2.17. The SMILES string of the molecule is CCOC(=O)CCCNCc1ccc(C(N)=O)cc1Cl.